The number of rotatable bonds is 8. The Bertz CT molecular complexity index is 1250. The average molecular weight is 499 g/mol. The molecule has 0 bridgehead atoms. The summed E-state index contributed by atoms with van der Waals surface area (Å²) in [4.78, 5) is 19.0. The summed E-state index contributed by atoms with van der Waals surface area (Å²) in [6, 6.07) is 14.3. The molecule has 0 aliphatic carbocycles. The maximum atomic E-state index is 13.0. The molecular weight excluding hydrogens is 468 g/mol. The van der Waals surface area contributed by atoms with E-state index in [1.54, 1.807) is 24.1 Å². The summed E-state index contributed by atoms with van der Waals surface area (Å²) in [5.74, 6) is 1.85. The van der Waals surface area contributed by atoms with Crippen LogP contribution in [0.15, 0.2) is 57.9 Å². The molecule has 0 N–H and O–H groups in total. The van der Waals surface area contributed by atoms with Gasteiger partial charge in [-0.15, -0.1) is 0 Å². The second kappa shape index (κ2) is 10.6. The minimum atomic E-state index is -3.58. The molecule has 186 valence electrons. The first kappa shape index (κ1) is 24.9. The Kier molecular flexibility index (Phi) is 7.51. The van der Waals surface area contributed by atoms with Crippen LogP contribution in [0.5, 0.6) is 5.75 Å². The normalized spacial score (nSPS) is 14.9. The van der Waals surface area contributed by atoms with Gasteiger partial charge in [0, 0.05) is 44.6 Å². The molecule has 0 spiro atoms. The number of aryl methyl sites for hydroxylation is 1. The summed E-state index contributed by atoms with van der Waals surface area (Å²) in [5, 5.41) is 3.99. The highest BCUT2D eigenvalue weighted by atomic mass is 32.2. The van der Waals surface area contributed by atoms with Gasteiger partial charge in [0.15, 0.2) is 0 Å². The molecule has 3 aromatic rings. The van der Waals surface area contributed by atoms with Gasteiger partial charge in [-0.2, -0.15) is 9.29 Å². The fourth-order valence-corrected chi connectivity index (χ4v) is 5.36. The first-order valence-corrected chi connectivity index (χ1v) is 13.1. The summed E-state index contributed by atoms with van der Waals surface area (Å²) in [6.45, 7) is 5.37. The van der Waals surface area contributed by atoms with Crippen molar-refractivity contribution in [3.63, 3.8) is 0 Å². The molecule has 1 amide bonds. The third-order valence-electron chi connectivity index (χ3n) is 6.14. The van der Waals surface area contributed by atoms with Crippen molar-refractivity contribution in [1.82, 2.24) is 19.3 Å². The Morgan fingerprint density at radius 2 is 1.69 bits per heavy atom. The van der Waals surface area contributed by atoms with Crippen molar-refractivity contribution < 1.29 is 22.5 Å². The molecule has 9 nitrogen and oxygen atoms in total. The van der Waals surface area contributed by atoms with Crippen molar-refractivity contribution in [2.75, 3.05) is 33.3 Å². The van der Waals surface area contributed by atoms with E-state index in [-0.39, 0.29) is 30.3 Å². The van der Waals surface area contributed by atoms with Gasteiger partial charge < -0.3 is 14.2 Å². The first-order valence-electron chi connectivity index (χ1n) is 11.6. The lowest BCUT2D eigenvalue weighted by Gasteiger charge is -2.34. The molecule has 0 radical (unpaired) electrons. The maximum Gasteiger partial charge on any atom is 0.243 e. The highest BCUT2D eigenvalue weighted by Gasteiger charge is 2.30. The zero-order valence-corrected chi connectivity index (χ0v) is 21.0. The quantitative estimate of drug-likeness (QED) is 0.469. The van der Waals surface area contributed by atoms with Crippen LogP contribution in [0.4, 0.5) is 0 Å². The van der Waals surface area contributed by atoms with E-state index < -0.39 is 10.0 Å². The van der Waals surface area contributed by atoms with Crippen molar-refractivity contribution in [3.8, 4) is 17.1 Å². The van der Waals surface area contributed by atoms with E-state index in [1.807, 2.05) is 36.4 Å². The van der Waals surface area contributed by atoms with Gasteiger partial charge in [-0.05, 0) is 47.9 Å². The number of aromatic nitrogens is 2. The molecule has 1 aromatic heterocycles. The van der Waals surface area contributed by atoms with Crippen LogP contribution in [0.25, 0.3) is 11.4 Å². The number of carbonyl (C=O) groups is 1. The topological polar surface area (TPSA) is 106 Å². The van der Waals surface area contributed by atoms with Crippen LogP contribution in [0.1, 0.15) is 37.6 Å². The van der Waals surface area contributed by atoms with Crippen LogP contribution in [-0.4, -0.2) is 67.0 Å². The molecule has 0 saturated carbocycles. The molecule has 1 fully saturated rings. The van der Waals surface area contributed by atoms with E-state index in [2.05, 4.69) is 24.0 Å². The SMILES string of the molecule is COc1ccc(-c2noc(CCC(=O)N3CCN(S(=O)(=O)c4ccc(C(C)C)cc4)CC3)n2)cc1. The van der Waals surface area contributed by atoms with E-state index in [4.69, 9.17) is 9.26 Å². The summed E-state index contributed by atoms with van der Waals surface area (Å²) in [5.41, 5.74) is 1.89. The Morgan fingerprint density at radius 1 is 1.03 bits per heavy atom. The number of sulfonamides is 1. The third kappa shape index (κ3) is 5.71. The summed E-state index contributed by atoms with van der Waals surface area (Å²) < 4.78 is 37.9. The summed E-state index contributed by atoms with van der Waals surface area (Å²) in [6.07, 6.45) is 0.538. The maximum absolute atomic E-state index is 13.0. The van der Waals surface area contributed by atoms with Crippen LogP contribution in [0.3, 0.4) is 0 Å². The molecule has 35 heavy (non-hydrogen) atoms. The van der Waals surface area contributed by atoms with E-state index in [0.717, 1.165) is 16.9 Å². The molecule has 0 unspecified atom stereocenters. The second-order valence-electron chi connectivity index (χ2n) is 8.75. The number of benzene rings is 2. The molecule has 2 heterocycles. The van der Waals surface area contributed by atoms with Crippen molar-refractivity contribution in [1.29, 1.82) is 0 Å². The molecule has 1 saturated heterocycles. The Morgan fingerprint density at radius 3 is 2.29 bits per heavy atom. The molecule has 10 heteroatoms. The lowest BCUT2D eigenvalue weighted by molar-refractivity contribution is -0.132. The zero-order valence-electron chi connectivity index (χ0n) is 20.2. The van der Waals surface area contributed by atoms with Crippen molar-refractivity contribution in [3.05, 3.63) is 60.0 Å². The number of carbonyl (C=O) groups excluding carboxylic acids is 1. The fourth-order valence-electron chi connectivity index (χ4n) is 3.94. The molecule has 0 atom stereocenters. The Balaban J connectivity index is 1.29. The van der Waals surface area contributed by atoms with Gasteiger partial charge in [-0.25, -0.2) is 8.42 Å². The lowest BCUT2D eigenvalue weighted by Crippen LogP contribution is -2.50. The van der Waals surface area contributed by atoms with Crippen LogP contribution in [-0.2, 0) is 21.2 Å². The number of piperazine rings is 1. The van der Waals surface area contributed by atoms with Crippen LogP contribution >= 0.6 is 0 Å². The molecule has 1 aliphatic rings. The predicted octanol–water partition coefficient (Wildman–Crippen LogP) is 3.33. The van der Waals surface area contributed by atoms with E-state index in [0.29, 0.717) is 37.1 Å². The van der Waals surface area contributed by atoms with Gasteiger partial charge in [0.1, 0.15) is 5.75 Å². The number of ether oxygens (including phenoxy) is 1. The Labute approximate surface area is 205 Å². The number of amides is 1. The largest absolute Gasteiger partial charge is 0.497 e. The van der Waals surface area contributed by atoms with Crippen molar-refractivity contribution in [2.24, 2.45) is 0 Å². The lowest BCUT2D eigenvalue weighted by atomic mass is 10.0. The standard InChI is InChI=1S/C25H30N4O5S/c1-18(2)19-6-10-22(11-7-19)35(31,32)29-16-14-28(15-17-29)24(30)13-12-23-26-25(27-34-23)20-4-8-21(33-3)9-5-20/h4-11,18H,12-17H2,1-3H3. The van der Waals surface area contributed by atoms with Gasteiger partial charge in [0.2, 0.25) is 27.6 Å². The van der Waals surface area contributed by atoms with Crippen LogP contribution < -0.4 is 4.74 Å². The van der Waals surface area contributed by atoms with Crippen LogP contribution in [0.2, 0.25) is 0 Å². The minimum Gasteiger partial charge on any atom is -0.497 e. The van der Waals surface area contributed by atoms with E-state index in [1.165, 1.54) is 4.31 Å². The van der Waals surface area contributed by atoms with Gasteiger partial charge in [-0.1, -0.05) is 31.1 Å². The monoisotopic (exact) mass is 498 g/mol. The molecule has 2 aromatic carbocycles. The Hall–Kier alpha value is -3.24. The predicted molar refractivity (Wildman–Crippen MR) is 130 cm³/mol. The average Bonchev–Trinajstić information content (AvgIpc) is 3.36. The van der Waals surface area contributed by atoms with E-state index >= 15 is 0 Å². The molecule has 4 rings (SSSR count). The van der Waals surface area contributed by atoms with Gasteiger partial charge in [0.05, 0.1) is 12.0 Å². The zero-order chi connectivity index (χ0) is 25.0. The third-order valence-corrected chi connectivity index (χ3v) is 8.06. The number of hydrogen-bond acceptors (Lipinski definition) is 7. The molecular formula is C25H30N4O5S. The second-order valence-corrected chi connectivity index (χ2v) is 10.7. The number of nitrogens with zero attached hydrogens (tertiary/aromatic N) is 4. The van der Waals surface area contributed by atoms with E-state index in [9.17, 15) is 13.2 Å². The first-order chi connectivity index (χ1) is 16.8. The van der Waals surface area contributed by atoms with Gasteiger partial charge in [0.25, 0.3) is 0 Å². The summed E-state index contributed by atoms with van der Waals surface area (Å²) in [7, 11) is -1.98. The highest BCUT2D eigenvalue weighted by molar-refractivity contribution is 7.89. The highest BCUT2D eigenvalue weighted by Crippen LogP contribution is 2.22. The molecule has 1 aliphatic heterocycles. The minimum absolute atomic E-state index is 0.0625. The van der Waals surface area contributed by atoms with Gasteiger partial charge in [-0.3, -0.25) is 4.79 Å². The number of hydrogen-bond donors (Lipinski definition) is 0. The van der Waals surface area contributed by atoms with Crippen molar-refractivity contribution in [2.45, 2.75) is 37.5 Å². The van der Waals surface area contributed by atoms with Crippen molar-refractivity contribution >= 4 is 15.9 Å². The smallest absolute Gasteiger partial charge is 0.243 e. The van der Waals surface area contributed by atoms with Crippen LogP contribution in [0, 0.1) is 0 Å². The summed E-state index contributed by atoms with van der Waals surface area (Å²) >= 11 is 0. The fraction of sp³-hybridized carbons (Fsp3) is 0.400. The number of methoxy groups -OCH3 is 1. The van der Waals surface area contributed by atoms with Gasteiger partial charge >= 0.3 is 0 Å².